The van der Waals surface area contributed by atoms with Crippen LogP contribution in [-0.4, -0.2) is 35.6 Å². The zero-order valence-electron chi connectivity index (χ0n) is 11.6. The van der Waals surface area contributed by atoms with E-state index in [2.05, 4.69) is 0 Å². The summed E-state index contributed by atoms with van der Waals surface area (Å²) in [6.45, 7) is 7.58. The van der Waals surface area contributed by atoms with E-state index in [9.17, 15) is 4.79 Å². The molecule has 0 aromatic carbocycles. The third-order valence-corrected chi connectivity index (χ3v) is 3.66. The molecule has 19 heavy (non-hydrogen) atoms. The van der Waals surface area contributed by atoms with Crippen molar-refractivity contribution in [3.05, 3.63) is 23.9 Å². The van der Waals surface area contributed by atoms with Gasteiger partial charge in [0.2, 0.25) is 0 Å². The van der Waals surface area contributed by atoms with Gasteiger partial charge in [-0.05, 0) is 32.2 Å². The first-order chi connectivity index (χ1) is 8.49. The number of ether oxygens (including phenoxy) is 1. The van der Waals surface area contributed by atoms with E-state index in [4.69, 9.17) is 22.1 Å². The third-order valence-electron chi connectivity index (χ3n) is 3.08. The average molecular weight is 309 g/mol. The summed E-state index contributed by atoms with van der Waals surface area (Å²) in [6.07, 6.45) is 5.15. The summed E-state index contributed by atoms with van der Waals surface area (Å²) < 4.78 is 5.08. The highest BCUT2D eigenvalue weighted by Crippen LogP contribution is 2.36. The Labute approximate surface area is 126 Å². The van der Waals surface area contributed by atoms with Crippen molar-refractivity contribution >= 4 is 30.0 Å². The van der Waals surface area contributed by atoms with E-state index in [0.29, 0.717) is 12.3 Å². The van der Waals surface area contributed by atoms with Gasteiger partial charge in [-0.2, -0.15) is 0 Å². The number of hydrogen-bond donors (Lipinski definition) is 1. The van der Waals surface area contributed by atoms with Crippen molar-refractivity contribution in [3.8, 4) is 0 Å². The van der Waals surface area contributed by atoms with E-state index >= 15 is 0 Å². The molecule has 0 bridgehead atoms. The van der Waals surface area contributed by atoms with E-state index in [1.54, 1.807) is 25.2 Å². The predicted molar refractivity (Wildman–Crippen MR) is 80.3 cm³/mol. The number of halogens is 2. The second-order valence-corrected chi connectivity index (χ2v) is 4.74. The summed E-state index contributed by atoms with van der Waals surface area (Å²) >= 11 is 6.65. The average Bonchev–Trinajstić information content (AvgIpc) is 2.30. The van der Waals surface area contributed by atoms with Gasteiger partial charge in [0, 0.05) is 5.70 Å². The highest BCUT2D eigenvalue weighted by molar-refractivity contribution is 6.26. The van der Waals surface area contributed by atoms with Crippen molar-refractivity contribution in [2.24, 2.45) is 11.7 Å². The highest BCUT2D eigenvalue weighted by Gasteiger charge is 2.44. The number of likely N-dealkylation sites (N-methyl/N-ethyl adjacent to an activating group) is 1. The molecule has 0 amide bonds. The Kier molecular flexibility index (Phi) is 7.49. The second-order valence-electron chi connectivity index (χ2n) is 4.13. The molecule has 0 aliphatic heterocycles. The smallest absolute Gasteiger partial charge is 0.316 e. The fraction of sp³-hybridized carbons (Fsp3) is 0.615. The van der Waals surface area contributed by atoms with Crippen LogP contribution in [0.3, 0.4) is 0 Å². The summed E-state index contributed by atoms with van der Waals surface area (Å²) in [5.41, 5.74) is 6.37. The maximum atomic E-state index is 12.0. The maximum absolute atomic E-state index is 12.0. The molecule has 2 unspecified atom stereocenters. The molecule has 0 aromatic rings. The van der Waals surface area contributed by atoms with Crippen LogP contribution in [0.15, 0.2) is 23.9 Å². The first-order valence-corrected chi connectivity index (χ1v) is 6.64. The van der Waals surface area contributed by atoms with E-state index in [-0.39, 0.29) is 18.4 Å². The molecule has 2 atom stereocenters. The summed E-state index contributed by atoms with van der Waals surface area (Å²) in [5.74, 6) is -0.856. The van der Waals surface area contributed by atoms with Crippen LogP contribution in [0.2, 0.25) is 0 Å². The number of carbonyl (C=O) groups is 1. The van der Waals surface area contributed by atoms with Crippen molar-refractivity contribution < 1.29 is 9.53 Å². The maximum Gasteiger partial charge on any atom is 0.316 e. The van der Waals surface area contributed by atoms with Gasteiger partial charge in [0.15, 0.2) is 0 Å². The van der Waals surface area contributed by atoms with E-state index < -0.39 is 10.9 Å². The molecule has 1 rings (SSSR count). The lowest BCUT2D eigenvalue weighted by atomic mass is 9.91. The van der Waals surface area contributed by atoms with Crippen molar-refractivity contribution in [3.63, 3.8) is 0 Å². The molecule has 1 aliphatic carbocycles. The van der Waals surface area contributed by atoms with Gasteiger partial charge in [-0.25, -0.2) is 0 Å². The largest absolute Gasteiger partial charge is 0.465 e. The minimum Gasteiger partial charge on any atom is -0.465 e. The number of alkyl halides is 1. The molecular formula is C13H22Cl2N2O2. The zero-order valence-corrected chi connectivity index (χ0v) is 13.1. The Morgan fingerprint density at radius 1 is 1.47 bits per heavy atom. The Balaban J connectivity index is 0.00000324. The number of rotatable bonds is 5. The van der Waals surface area contributed by atoms with Gasteiger partial charge in [0.1, 0.15) is 10.9 Å². The Morgan fingerprint density at radius 2 is 2.05 bits per heavy atom. The standard InChI is InChI=1S/C13H21ClN2O2.ClH/c1-4-16(5-2)13(14)9-10(15)7-8-11(13)12(17)18-6-3;/h7-9,11H,4-6,15H2,1-3H3;1H. The number of esters is 1. The lowest BCUT2D eigenvalue weighted by molar-refractivity contribution is -0.148. The van der Waals surface area contributed by atoms with E-state index in [1.807, 2.05) is 18.7 Å². The van der Waals surface area contributed by atoms with Gasteiger partial charge >= 0.3 is 5.97 Å². The van der Waals surface area contributed by atoms with Gasteiger partial charge in [0.25, 0.3) is 0 Å². The lowest BCUT2D eigenvalue weighted by Gasteiger charge is -2.41. The van der Waals surface area contributed by atoms with Crippen LogP contribution in [0.1, 0.15) is 20.8 Å². The molecule has 0 saturated heterocycles. The molecule has 2 N–H and O–H groups in total. The van der Waals surface area contributed by atoms with Crippen LogP contribution in [0.25, 0.3) is 0 Å². The van der Waals surface area contributed by atoms with Crippen LogP contribution < -0.4 is 5.73 Å². The number of hydrogen-bond acceptors (Lipinski definition) is 4. The summed E-state index contributed by atoms with van der Waals surface area (Å²) in [6, 6.07) is 0. The normalized spacial score (nSPS) is 25.7. The fourth-order valence-electron chi connectivity index (χ4n) is 2.19. The molecule has 0 spiro atoms. The van der Waals surface area contributed by atoms with Crippen LogP contribution in [0.5, 0.6) is 0 Å². The number of carbonyl (C=O) groups excluding carboxylic acids is 1. The van der Waals surface area contributed by atoms with Crippen molar-refractivity contribution in [2.45, 2.75) is 25.8 Å². The van der Waals surface area contributed by atoms with Crippen LogP contribution in [0.4, 0.5) is 0 Å². The van der Waals surface area contributed by atoms with E-state index in [1.165, 1.54) is 0 Å². The van der Waals surface area contributed by atoms with E-state index in [0.717, 1.165) is 13.1 Å². The second kappa shape index (κ2) is 7.78. The number of nitrogens with zero attached hydrogens (tertiary/aromatic N) is 1. The van der Waals surface area contributed by atoms with Gasteiger partial charge in [-0.3, -0.25) is 9.69 Å². The predicted octanol–water partition coefficient (Wildman–Crippen LogP) is 2.28. The van der Waals surface area contributed by atoms with Crippen LogP contribution >= 0.6 is 24.0 Å². The van der Waals surface area contributed by atoms with Crippen LogP contribution in [-0.2, 0) is 9.53 Å². The summed E-state index contributed by atoms with van der Waals surface area (Å²) in [5, 5.41) is 0. The number of nitrogens with two attached hydrogens (primary N) is 1. The molecule has 0 heterocycles. The summed E-state index contributed by atoms with van der Waals surface area (Å²) in [7, 11) is 0. The van der Waals surface area contributed by atoms with Crippen molar-refractivity contribution in [2.75, 3.05) is 19.7 Å². The molecule has 0 saturated carbocycles. The van der Waals surface area contributed by atoms with Gasteiger partial charge in [0.05, 0.1) is 6.61 Å². The first kappa shape index (κ1) is 18.3. The topological polar surface area (TPSA) is 55.6 Å². The Hall–Kier alpha value is -0.710. The van der Waals surface area contributed by atoms with Gasteiger partial charge < -0.3 is 10.5 Å². The van der Waals surface area contributed by atoms with Crippen LogP contribution in [0, 0.1) is 5.92 Å². The third kappa shape index (κ3) is 3.88. The zero-order chi connectivity index (χ0) is 13.8. The first-order valence-electron chi connectivity index (χ1n) is 6.26. The Bertz CT molecular complexity index is 368. The summed E-state index contributed by atoms with van der Waals surface area (Å²) in [4.78, 5) is 13.1. The molecule has 0 fully saturated rings. The molecule has 110 valence electrons. The lowest BCUT2D eigenvalue weighted by Crippen LogP contribution is -2.52. The highest BCUT2D eigenvalue weighted by atomic mass is 35.5. The van der Waals surface area contributed by atoms with Crippen molar-refractivity contribution in [1.82, 2.24) is 4.90 Å². The SMILES string of the molecule is CCOC(=O)C1C=CC(N)=CC1(Cl)N(CC)CC.Cl. The molecule has 4 nitrogen and oxygen atoms in total. The van der Waals surface area contributed by atoms with Gasteiger partial charge in [-0.15, -0.1) is 12.4 Å². The number of allylic oxidation sites excluding steroid dienone is 1. The van der Waals surface area contributed by atoms with Crippen molar-refractivity contribution in [1.29, 1.82) is 0 Å². The minimum atomic E-state index is -0.936. The molecule has 0 aromatic heterocycles. The van der Waals surface area contributed by atoms with Gasteiger partial charge in [-0.1, -0.05) is 31.5 Å². The Morgan fingerprint density at radius 3 is 2.53 bits per heavy atom. The molecular weight excluding hydrogens is 287 g/mol. The fourth-order valence-corrected chi connectivity index (χ4v) is 2.71. The molecule has 0 radical (unpaired) electrons. The minimum absolute atomic E-state index is 0. The monoisotopic (exact) mass is 308 g/mol. The molecule has 1 aliphatic rings. The quantitative estimate of drug-likeness (QED) is 0.481. The molecule has 6 heteroatoms.